The lowest BCUT2D eigenvalue weighted by Gasteiger charge is -2.32. The van der Waals surface area contributed by atoms with Gasteiger partial charge in [0.2, 0.25) is 0 Å². The van der Waals surface area contributed by atoms with Crippen molar-refractivity contribution in [2.24, 2.45) is 0 Å². The van der Waals surface area contributed by atoms with Crippen LogP contribution in [0, 0.1) is 0 Å². The first kappa shape index (κ1) is 21.0. The summed E-state index contributed by atoms with van der Waals surface area (Å²) in [6.45, 7) is 5.09. The minimum Gasteiger partial charge on any atom is -0.488 e. The number of ether oxygens (including phenoxy) is 1. The smallest absolute Gasteiger partial charge is 0.272 e. The average Bonchev–Trinajstić information content (AvgIpc) is 3.12. The predicted molar refractivity (Wildman–Crippen MR) is 104 cm³/mol. The lowest BCUT2D eigenvalue weighted by molar-refractivity contribution is 0.0819. The van der Waals surface area contributed by atoms with Gasteiger partial charge in [-0.05, 0) is 43.6 Å². The minimum atomic E-state index is -2.45. The van der Waals surface area contributed by atoms with Crippen LogP contribution in [-0.4, -0.2) is 52.3 Å². The molecule has 6 nitrogen and oxygen atoms in total. The van der Waals surface area contributed by atoms with Gasteiger partial charge in [0.15, 0.2) is 0 Å². The van der Waals surface area contributed by atoms with Crippen LogP contribution >= 0.6 is 12.4 Å². The molecule has 0 atom stereocenters. The lowest BCUT2D eigenvalue weighted by Crippen LogP contribution is -2.34. The first-order valence-corrected chi connectivity index (χ1v) is 9.54. The topological polar surface area (TPSA) is 55.2 Å². The van der Waals surface area contributed by atoms with Crippen molar-refractivity contribution in [3.8, 4) is 5.75 Å². The molecular weight excluding hydrogens is 388 g/mol. The van der Waals surface area contributed by atoms with Crippen LogP contribution in [0.2, 0.25) is 0 Å². The molecular formula is C19H26ClF2N5O. The summed E-state index contributed by atoms with van der Waals surface area (Å²) in [6.07, 6.45) is -0.277. The van der Waals surface area contributed by atoms with Crippen LogP contribution in [0.3, 0.4) is 0 Å². The van der Waals surface area contributed by atoms with Crippen LogP contribution in [0.5, 0.6) is 5.75 Å². The fourth-order valence-electron chi connectivity index (χ4n) is 3.87. The van der Waals surface area contributed by atoms with Crippen LogP contribution < -0.4 is 10.1 Å². The highest BCUT2D eigenvalue weighted by atomic mass is 35.5. The van der Waals surface area contributed by atoms with Crippen LogP contribution in [0.25, 0.3) is 0 Å². The van der Waals surface area contributed by atoms with Gasteiger partial charge in [0.05, 0.1) is 6.54 Å². The third kappa shape index (κ3) is 4.98. The number of hydrogen-bond acceptors (Lipinski definition) is 5. The van der Waals surface area contributed by atoms with E-state index in [1.54, 1.807) is 12.1 Å². The Morgan fingerprint density at radius 2 is 1.86 bits per heavy atom. The maximum Gasteiger partial charge on any atom is 0.272 e. The Balaban J connectivity index is 0.00000225. The van der Waals surface area contributed by atoms with E-state index in [0.717, 1.165) is 63.8 Å². The standard InChI is InChI=1S/C19H25F2N5O.ClH/c20-17(21)13-27-16-3-1-14(2-4-16)12-25-8-5-15(6-9-25)19-24-23-18-11-22-7-10-26(18)19;/h1-4,15,17,22H,5-13H2;1H. The molecule has 2 aromatic rings. The Morgan fingerprint density at radius 3 is 2.57 bits per heavy atom. The Kier molecular flexibility index (Phi) is 7.20. The van der Waals surface area contributed by atoms with Crippen molar-refractivity contribution in [1.29, 1.82) is 0 Å². The summed E-state index contributed by atoms with van der Waals surface area (Å²) in [6, 6.07) is 7.44. The van der Waals surface area contributed by atoms with Gasteiger partial charge in [-0.25, -0.2) is 8.78 Å². The van der Waals surface area contributed by atoms with E-state index in [9.17, 15) is 8.78 Å². The fraction of sp³-hybridized carbons (Fsp3) is 0.579. The number of likely N-dealkylation sites (tertiary alicyclic amines) is 1. The van der Waals surface area contributed by atoms with Crippen molar-refractivity contribution >= 4 is 12.4 Å². The van der Waals surface area contributed by atoms with E-state index in [4.69, 9.17) is 4.74 Å². The predicted octanol–water partition coefficient (Wildman–Crippen LogP) is 2.83. The third-order valence-corrected chi connectivity index (χ3v) is 5.31. The summed E-state index contributed by atoms with van der Waals surface area (Å²) in [4.78, 5) is 2.43. The Hall–Kier alpha value is -1.77. The van der Waals surface area contributed by atoms with Gasteiger partial charge >= 0.3 is 0 Å². The molecule has 1 saturated heterocycles. The minimum absolute atomic E-state index is 0. The molecule has 0 saturated carbocycles. The van der Waals surface area contributed by atoms with Crippen molar-refractivity contribution in [2.75, 3.05) is 26.2 Å². The second kappa shape index (κ2) is 9.62. The molecule has 1 aromatic carbocycles. The molecule has 0 aliphatic carbocycles. The van der Waals surface area contributed by atoms with Crippen LogP contribution in [0.4, 0.5) is 8.78 Å². The molecule has 2 aliphatic rings. The molecule has 0 radical (unpaired) electrons. The van der Waals surface area contributed by atoms with Crippen molar-refractivity contribution in [3.63, 3.8) is 0 Å². The third-order valence-electron chi connectivity index (χ3n) is 5.31. The molecule has 4 rings (SSSR count). The molecule has 0 bridgehead atoms. The first-order chi connectivity index (χ1) is 13.2. The van der Waals surface area contributed by atoms with E-state index in [1.165, 1.54) is 5.56 Å². The number of hydrogen-bond donors (Lipinski definition) is 1. The van der Waals surface area contributed by atoms with Gasteiger partial charge in [-0.3, -0.25) is 4.90 Å². The molecule has 1 fully saturated rings. The van der Waals surface area contributed by atoms with Crippen LogP contribution in [0.15, 0.2) is 24.3 Å². The Bertz CT molecular complexity index is 747. The van der Waals surface area contributed by atoms with Crippen molar-refractivity contribution < 1.29 is 13.5 Å². The van der Waals surface area contributed by atoms with E-state index in [0.29, 0.717) is 11.7 Å². The number of piperidine rings is 1. The number of halogens is 3. The first-order valence-electron chi connectivity index (χ1n) is 9.54. The van der Waals surface area contributed by atoms with Gasteiger partial charge < -0.3 is 14.6 Å². The van der Waals surface area contributed by atoms with Crippen LogP contribution in [-0.2, 0) is 19.6 Å². The molecule has 2 aliphatic heterocycles. The van der Waals surface area contributed by atoms with Crippen molar-refractivity contribution in [2.45, 2.75) is 44.8 Å². The molecule has 0 spiro atoms. The second-order valence-corrected chi connectivity index (χ2v) is 7.20. The van der Waals surface area contributed by atoms with E-state index >= 15 is 0 Å². The van der Waals surface area contributed by atoms with Gasteiger partial charge in [0, 0.05) is 25.6 Å². The SMILES string of the molecule is Cl.FC(F)COc1ccc(CN2CCC(c3nnc4n3CCNC4)CC2)cc1. The maximum atomic E-state index is 12.2. The Morgan fingerprint density at radius 1 is 1.11 bits per heavy atom. The number of rotatable bonds is 6. The lowest BCUT2D eigenvalue weighted by atomic mass is 9.95. The zero-order chi connectivity index (χ0) is 18.6. The molecule has 3 heterocycles. The average molecular weight is 414 g/mol. The van der Waals surface area contributed by atoms with Gasteiger partial charge in [-0.15, -0.1) is 22.6 Å². The van der Waals surface area contributed by atoms with Gasteiger partial charge in [0.1, 0.15) is 24.0 Å². The van der Waals surface area contributed by atoms with E-state index in [1.807, 2.05) is 12.1 Å². The number of alkyl halides is 2. The zero-order valence-corrected chi connectivity index (χ0v) is 16.5. The molecule has 0 amide bonds. The number of fused-ring (bicyclic) bond motifs is 1. The summed E-state index contributed by atoms with van der Waals surface area (Å²) >= 11 is 0. The summed E-state index contributed by atoms with van der Waals surface area (Å²) in [5, 5.41) is 12.1. The second-order valence-electron chi connectivity index (χ2n) is 7.20. The molecule has 1 aromatic heterocycles. The normalized spacial score (nSPS) is 18.0. The summed E-state index contributed by atoms with van der Waals surface area (Å²) < 4.78 is 31.7. The highest BCUT2D eigenvalue weighted by Gasteiger charge is 2.26. The largest absolute Gasteiger partial charge is 0.488 e. The van der Waals surface area contributed by atoms with Gasteiger partial charge in [-0.2, -0.15) is 0 Å². The number of benzene rings is 1. The molecule has 0 unspecified atom stereocenters. The summed E-state index contributed by atoms with van der Waals surface area (Å²) in [7, 11) is 0. The highest BCUT2D eigenvalue weighted by Crippen LogP contribution is 2.28. The fourth-order valence-corrected chi connectivity index (χ4v) is 3.87. The maximum absolute atomic E-state index is 12.2. The monoisotopic (exact) mass is 413 g/mol. The van der Waals surface area contributed by atoms with Gasteiger partial charge in [-0.1, -0.05) is 12.1 Å². The van der Waals surface area contributed by atoms with Crippen molar-refractivity contribution in [1.82, 2.24) is 25.0 Å². The quantitative estimate of drug-likeness (QED) is 0.789. The summed E-state index contributed by atoms with van der Waals surface area (Å²) in [5.41, 5.74) is 1.17. The number of nitrogens with one attached hydrogen (secondary N) is 1. The molecule has 1 N–H and O–H groups in total. The number of nitrogens with zero attached hydrogens (tertiary/aromatic N) is 4. The van der Waals surface area contributed by atoms with E-state index in [2.05, 4.69) is 25.0 Å². The molecule has 28 heavy (non-hydrogen) atoms. The Labute approximate surface area is 169 Å². The van der Waals surface area contributed by atoms with Gasteiger partial charge in [0.25, 0.3) is 6.43 Å². The zero-order valence-electron chi connectivity index (χ0n) is 15.7. The van der Waals surface area contributed by atoms with Crippen molar-refractivity contribution in [3.05, 3.63) is 41.5 Å². The molecule has 154 valence electrons. The number of aromatic nitrogens is 3. The highest BCUT2D eigenvalue weighted by molar-refractivity contribution is 5.85. The van der Waals surface area contributed by atoms with Crippen LogP contribution in [0.1, 0.15) is 36.0 Å². The molecule has 9 heteroatoms. The van der Waals surface area contributed by atoms with E-state index < -0.39 is 13.0 Å². The summed E-state index contributed by atoms with van der Waals surface area (Å²) in [5.74, 6) is 3.16. The van der Waals surface area contributed by atoms with E-state index in [-0.39, 0.29) is 12.4 Å².